The van der Waals surface area contributed by atoms with E-state index in [1.165, 1.54) is 16.2 Å². The highest BCUT2D eigenvalue weighted by molar-refractivity contribution is 7.09. The fraction of sp³-hybridized carbons (Fsp3) is 0.432. The van der Waals surface area contributed by atoms with Gasteiger partial charge in [-0.25, -0.2) is 19.4 Å². The predicted molar refractivity (Wildman–Crippen MR) is 197 cm³/mol. The SMILES string of the molecule is CC(C)c1nc(CN(C)C(=O)NC(C(=O)OC(C[C@H](N)Cc2ccccc2)[C@H](Cc2ccccc2)NC(=O)OCc2cncs2)C(C)C)cs1. The molecule has 2 unspecified atom stereocenters. The molecule has 3 amide bonds. The van der Waals surface area contributed by atoms with E-state index in [0.717, 1.165) is 26.7 Å². The largest absolute Gasteiger partial charge is 0.459 e. The number of amides is 3. The number of nitrogens with one attached hydrogen (secondary N) is 2. The first-order valence-electron chi connectivity index (χ1n) is 16.8. The first-order valence-corrected chi connectivity index (χ1v) is 18.5. The second-order valence-electron chi connectivity index (χ2n) is 13.0. The van der Waals surface area contributed by atoms with Crippen molar-refractivity contribution >= 4 is 40.8 Å². The van der Waals surface area contributed by atoms with Crippen LogP contribution in [0.4, 0.5) is 9.59 Å². The normalized spacial score (nSPS) is 13.7. The molecule has 4 aromatic rings. The minimum absolute atomic E-state index is 0.0567. The number of hydrogen-bond acceptors (Lipinski definition) is 10. The van der Waals surface area contributed by atoms with Gasteiger partial charge in [0.15, 0.2) is 0 Å². The van der Waals surface area contributed by atoms with Crippen molar-refractivity contribution in [3.63, 3.8) is 0 Å². The Kier molecular flexibility index (Phi) is 14.7. The fourth-order valence-corrected chi connectivity index (χ4v) is 6.65. The van der Waals surface area contributed by atoms with Gasteiger partial charge in [0.2, 0.25) is 0 Å². The Bertz CT molecular complexity index is 1620. The van der Waals surface area contributed by atoms with Crippen LogP contribution in [0.1, 0.15) is 66.7 Å². The highest BCUT2D eigenvalue weighted by Crippen LogP contribution is 2.21. The zero-order valence-electron chi connectivity index (χ0n) is 29.3. The van der Waals surface area contributed by atoms with E-state index in [1.807, 2.05) is 79.9 Å². The molecule has 2 heterocycles. The summed E-state index contributed by atoms with van der Waals surface area (Å²) in [4.78, 5) is 51.5. The van der Waals surface area contributed by atoms with Crippen molar-refractivity contribution in [2.24, 2.45) is 11.7 Å². The lowest BCUT2D eigenvalue weighted by Crippen LogP contribution is -2.53. The molecule has 11 nitrogen and oxygen atoms in total. The predicted octanol–water partition coefficient (Wildman–Crippen LogP) is 6.30. The molecule has 4 rings (SSSR count). The smallest absolute Gasteiger partial charge is 0.407 e. The van der Waals surface area contributed by atoms with Crippen molar-refractivity contribution in [3.05, 3.63) is 104 Å². The Morgan fingerprint density at radius 1 is 0.920 bits per heavy atom. The Labute approximate surface area is 302 Å². The molecule has 268 valence electrons. The zero-order valence-corrected chi connectivity index (χ0v) is 30.9. The molecule has 0 aliphatic carbocycles. The highest BCUT2D eigenvalue weighted by Gasteiger charge is 2.34. The van der Waals surface area contributed by atoms with Crippen LogP contribution in [0, 0.1) is 5.92 Å². The maximum absolute atomic E-state index is 14.0. The van der Waals surface area contributed by atoms with Crippen LogP contribution in [0.25, 0.3) is 0 Å². The summed E-state index contributed by atoms with van der Waals surface area (Å²) in [6.45, 7) is 8.18. The molecular weight excluding hydrogens is 673 g/mol. The minimum atomic E-state index is -0.963. The van der Waals surface area contributed by atoms with Crippen molar-refractivity contribution in [1.29, 1.82) is 0 Å². The van der Waals surface area contributed by atoms with Crippen LogP contribution >= 0.6 is 22.7 Å². The maximum atomic E-state index is 14.0. The second kappa shape index (κ2) is 19.2. The van der Waals surface area contributed by atoms with Gasteiger partial charge in [0, 0.05) is 37.0 Å². The molecular formula is C37H48N6O5S2. The van der Waals surface area contributed by atoms with Crippen molar-refractivity contribution < 1.29 is 23.9 Å². The summed E-state index contributed by atoms with van der Waals surface area (Å²) in [5, 5.41) is 8.77. The molecule has 2 aromatic carbocycles. The Balaban J connectivity index is 1.54. The van der Waals surface area contributed by atoms with Gasteiger partial charge in [0.25, 0.3) is 0 Å². The number of hydrogen-bond donors (Lipinski definition) is 3. The summed E-state index contributed by atoms with van der Waals surface area (Å²) in [5.41, 5.74) is 11.1. The standard InChI is InChI=1S/C37H48N6O5S2/c1-24(2)33(42-36(45)43(5)20-29-22-49-34(40-29)25(3)4)35(44)48-32(18-28(38)16-26-12-8-6-9-13-26)31(17-27-14-10-7-11-15-27)41-37(46)47-21-30-19-39-23-50-30/h6-15,19,22-25,28,31-33H,16-18,20-21,38H2,1-5H3,(H,41,46)(H,42,45)/t28-,31+,32?,33?/m1/s1. The van der Waals surface area contributed by atoms with Gasteiger partial charge in [0.1, 0.15) is 18.8 Å². The van der Waals surface area contributed by atoms with Gasteiger partial charge >= 0.3 is 18.1 Å². The van der Waals surface area contributed by atoms with E-state index in [9.17, 15) is 14.4 Å². The Morgan fingerprint density at radius 2 is 1.58 bits per heavy atom. The number of aromatic nitrogens is 2. The second-order valence-corrected chi connectivity index (χ2v) is 14.9. The van der Waals surface area contributed by atoms with Crippen molar-refractivity contribution in [2.75, 3.05) is 7.05 Å². The summed E-state index contributed by atoms with van der Waals surface area (Å²) in [5.74, 6) is -0.621. The fourth-order valence-electron chi connectivity index (χ4n) is 5.32. The maximum Gasteiger partial charge on any atom is 0.407 e. The molecule has 0 radical (unpaired) electrons. The van der Waals surface area contributed by atoms with E-state index < -0.39 is 42.3 Å². The number of urea groups is 1. The van der Waals surface area contributed by atoms with Crippen LogP contribution in [-0.4, -0.2) is 64.2 Å². The third-order valence-electron chi connectivity index (χ3n) is 8.03. The van der Waals surface area contributed by atoms with Gasteiger partial charge < -0.3 is 30.7 Å². The first kappa shape index (κ1) is 38.5. The number of carbonyl (C=O) groups excluding carboxylic acids is 3. The van der Waals surface area contributed by atoms with Crippen molar-refractivity contribution in [2.45, 2.75) is 90.3 Å². The number of benzene rings is 2. The topological polar surface area (TPSA) is 149 Å². The van der Waals surface area contributed by atoms with Gasteiger partial charge in [-0.15, -0.1) is 22.7 Å². The lowest BCUT2D eigenvalue weighted by Gasteiger charge is -2.32. The van der Waals surface area contributed by atoms with Gasteiger partial charge in [-0.3, -0.25) is 4.98 Å². The monoisotopic (exact) mass is 720 g/mol. The summed E-state index contributed by atoms with van der Waals surface area (Å²) in [7, 11) is 1.66. The molecule has 0 saturated heterocycles. The van der Waals surface area contributed by atoms with Gasteiger partial charge in [-0.1, -0.05) is 88.4 Å². The quantitative estimate of drug-likeness (QED) is 0.108. The summed E-state index contributed by atoms with van der Waals surface area (Å²) in [6, 6.07) is 16.9. The molecule has 0 spiro atoms. The van der Waals surface area contributed by atoms with Gasteiger partial charge in [-0.05, 0) is 29.9 Å². The van der Waals surface area contributed by atoms with Gasteiger partial charge in [0.05, 0.1) is 33.7 Å². The molecule has 0 aliphatic heterocycles. The van der Waals surface area contributed by atoms with Crippen LogP contribution in [0.2, 0.25) is 0 Å². The molecule has 4 N–H and O–H groups in total. The Morgan fingerprint density at radius 3 is 2.16 bits per heavy atom. The number of ether oxygens (including phenoxy) is 2. The molecule has 13 heteroatoms. The number of nitrogens with two attached hydrogens (primary N) is 1. The number of alkyl carbamates (subject to hydrolysis) is 1. The van der Waals surface area contributed by atoms with Crippen molar-refractivity contribution in [3.8, 4) is 0 Å². The molecule has 0 saturated carbocycles. The Hall–Kier alpha value is -4.33. The first-order chi connectivity index (χ1) is 24.0. The molecule has 0 aliphatic rings. The van der Waals surface area contributed by atoms with Crippen molar-refractivity contribution in [1.82, 2.24) is 25.5 Å². The van der Waals surface area contributed by atoms with Crippen LogP contribution in [0.15, 0.2) is 77.8 Å². The average Bonchev–Trinajstić information content (AvgIpc) is 3.79. The molecule has 0 fully saturated rings. The molecule has 0 bridgehead atoms. The van der Waals surface area contributed by atoms with Gasteiger partial charge in [-0.2, -0.15) is 0 Å². The zero-order chi connectivity index (χ0) is 36.0. The van der Waals surface area contributed by atoms with Crippen LogP contribution in [-0.2, 0) is 40.3 Å². The number of rotatable bonds is 17. The third kappa shape index (κ3) is 12.2. The summed E-state index contributed by atoms with van der Waals surface area (Å²) >= 11 is 2.94. The van der Waals surface area contributed by atoms with E-state index in [2.05, 4.69) is 34.4 Å². The average molecular weight is 721 g/mol. The lowest BCUT2D eigenvalue weighted by molar-refractivity contribution is -0.154. The van der Waals surface area contributed by atoms with E-state index in [0.29, 0.717) is 25.3 Å². The number of thiazole rings is 2. The third-order valence-corrected chi connectivity index (χ3v) is 9.98. The van der Waals surface area contributed by atoms with E-state index >= 15 is 0 Å². The summed E-state index contributed by atoms with van der Waals surface area (Å²) < 4.78 is 11.8. The number of esters is 1. The molecule has 50 heavy (non-hydrogen) atoms. The highest BCUT2D eigenvalue weighted by atomic mass is 32.1. The molecule has 4 atom stereocenters. The van der Waals surface area contributed by atoms with Crippen LogP contribution < -0.4 is 16.4 Å². The number of carbonyl (C=O) groups is 3. The number of nitrogens with zero attached hydrogens (tertiary/aromatic N) is 3. The van der Waals surface area contributed by atoms with E-state index in [-0.39, 0.29) is 18.9 Å². The minimum Gasteiger partial charge on any atom is -0.459 e. The van der Waals surface area contributed by atoms with E-state index in [4.69, 9.17) is 15.2 Å². The van der Waals surface area contributed by atoms with E-state index in [1.54, 1.807) is 30.1 Å². The molecule has 2 aromatic heterocycles. The van der Waals surface area contributed by atoms with Crippen LogP contribution in [0.3, 0.4) is 0 Å². The lowest BCUT2D eigenvalue weighted by atomic mass is 9.93. The van der Waals surface area contributed by atoms with Crippen LogP contribution in [0.5, 0.6) is 0 Å². The summed E-state index contributed by atoms with van der Waals surface area (Å²) in [6.07, 6.45) is 1.26.